The molecule has 24 heavy (non-hydrogen) atoms. The summed E-state index contributed by atoms with van der Waals surface area (Å²) in [6, 6.07) is 6.88. The first kappa shape index (κ1) is 20.8. The van der Waals surface area contributed by atoms with Gasteiger partial charge in [-0.1, -0.05) is 12.1 Å². The Kier molecular flexibility index (Phi) is 9.16. The van der Waals surface area contributed by atoms with Crippen molar-refractivity contribution in [2.45, 2.75) is 70.9 Å². The first-order valence-corrected chi connectivity index (χ1v) is 8.79. The minimum absolute atomic E-state index is 0. The highest BCUT2D eigenvalue weighted by atomic mass is 35.5. The van der Waals surface area contributed by atoms with Crippen LogP contribution in [0.2, 0.25) is 0 Å². The van der Waals surface area contributed by atoms with Crippen LogP contribution in [0.1, 0.15) is 56.1 Å². The molecule has 0 spiro atoms. The van der Waals surface area contributed by atoms with Gasteiger partial charge in [0.1, 0.15) is 5.75 Å². The second kappa shape index (κ2) is 10.6. The van der Waals surface area contributed by atoms with Crippen LogP contribution < -0.4 is 15.8 Å². The Morgan fingerprint density at radius 1 is 1.21 bits per heavy atom. The van der Waals surface area contributed by atoms with Crippen LogP contribution in [0, 0.1) is 13.8 Å². The Labute approximate surface area is 151 Å². The molecule has 2 rings (SSSR count). The van der Waals surface area contributed by atoms with E-state index in [-0.39, 0.29) is 18.3 Å². The molecule has 4 nitrogen and oxygen atoms in total. The molecule has 0 radical (unpaired) electrons. The van der Waals surface area contributed by atoms with E-state index in [1.165, 1.54) is 5.56 Å². The molecule has 0 heterocycles. The fraction of sp³-hybridized carbons (Fsp3) is 0.632. The van der Waals surface area contributed by atoms with Gasteiger partial charge in [0.25, 0.3) is 0 Å². The zero-order valence-corrected chi connectivity index (χ0v) is 15.7. The molecule has 1 aliphatic carbocycles. The molecule has 0 aliphatic heterocycles. The number of halogens is 1. The van der Waals surface area contributed by atoms with Crippen molar-refractivity contribution in [2.24, 2.45) is 5.73 Å². The van der Waals surface area contributed by atoms with E-state index >= 15 is 0 Å². The number of ether oxygens (including phenoxy) is 1. The molecule has 1 saturated carbocycles. The molecule has 0 atom stereocenters. The van der Waals surface area contributed by atoms with Crippen molar-refractivity contribution in [2.75, 3.05) is 6.61 Å². The van der Waals surface area contributed by atoms with Crippen LogP contribution in [-0.4, -0.2) is 24.6 Å². The van der Waals surface area contributed by atoms with Gasteiger partial charge in [-0.25, -0.2) is 0 Å². The first-order valence-electron chi connectivity index (χ1n) is 8.79. The number of nitrogens with two attached hydrogens (primary N) is 1. The van der Waals surface area contributed by atoms with Crippen LogP contribution >= 0.6 is 12.4 Å². The van der Waals surface area contributed by atoms with Gasteiger partial charge in [0, 0.05) is 18.5 Å². The summed E-state index contributed by atoms with van der Waals surface area (Å²) >= 11 is 0. The van der Waals surface area contributed by atoms with E-state index in [2.05, 4.69) is 37.4 Å². The highest BCUT2D eigenvalue weighted by molar-refractivity contribution is 5.85. The summed E-state index contributed by atoms with van der Waals surface area (Å²) in [5.74, 6) is 1.12. The van der Waals surface area contributed by atoms with Crippen molar-refractivity contribution >= 4 is 18.3 Å². The highest BCUT2D eigenvalue weighted by Crippen LogP contribution is 2.19. The maximum atomic E-state index is 11.9. The van der Waals surface area contributed by atoms with Crippen molar-refractivity contribution in [3.8, 4) is 5.75 Å². The molecule has 1 aliphatic rings. The molecule has 136 valence electrons. The number of benzene rings is 1. The van der Waals surface area contributed by atoms with Crippen LogP contribution in [0.3, 0.4) is 0 Å². The van der Waals surface area contributed by atoms with Crippen LogP contribution in [0.25, 0.3) is 0 Å². The number of carbonyl (C=O) groups is 1. The summed E-state index contributed by atoms with van der Waals surface area (Å²) < 4.78 is 5.82. The Hall–Kier alpha value is -1.26. The second-order valence-electron chi connectivity index (χ2n) is 6.75. The number of nitrogens with one attached hydrogen (secondary N) is 1. The van der Waals surface area contributed by atoms with E-state index in [0.717, 1.165) is 49.8 Å². The number of aryl methyl sites for hydroxylation is 2. The minimum Gasteiger partial charge on any atom is -0.493 e. The summed E-state index contributed by atoms with van der Waals surface area (Å²) in [4.78, 5) is 11.9. The topological polar surface area (TPSA) is 64.3 Å². The van der Waals surface area contributed by atoms with E-state index in [4.69, 9.17) is 10.5 Å². The largest absolute Gasteiger partial charge is 0.493 e. The molecule has 0 bridgehead atoms. The van der Waals surface area contributed by atoms with Crippen LogP contribution in [-0.2, 0) is 4.79 Å². The maximum Gasteiger partial charge on any atom is 0.220 e. The average molecular weight is 355 g/mol. The van der Waals surface area contributed by atoms with Crippen molar-refractivity contribution in [1.82, 2.24) is 5.32 Å². The standard InChI is InChI=1S/C19H30N2O2.ClH/c1-14-6-7-15(2)18(13-14)23-12-4-3-5-19(22)21-17-10-8-16(20)9-11-17;/h6-7,13,16-17H,3-5,8-12,20H2,1-2H3,(H,21,22);1H. The summed E-state index contributed by atoms with van der Waals surface area (Å²) in [5.41, 5.74) is 8.24. The Balaban J connectivity index is 0.00000288. The lowest BCUT2D eigenvalue weighted by Crippen LogP contribution is -2.40. The van der Waals surface area contributed by atoms with E-state index < -0.39 is 0 Å². The molecular weight excluding hydrogens is 324 g/mol. The van der Waals surface area contributed by atoms with Crippen molar-refractivity contribution in [3.05, 3.63) is 29.3 Å². The van der Waals surface area contributed by atoms with E-state index in [1.54, 1.807) is 0 Å². The van der Waals surface area contributed by atoms with Gasteiger partial charge in [0.15, 0.2) is 0 Å². The Morgan fingerprint density at radius 3 is 2.62 bits per heavy atom. The number of unbranched alkanes of at least 4 members (excludes halogenated alkanes) is 1. The summed E-state index contributed by atoms with van der Waals surface area (Å²) in [6.45, 7) is 4.78. The number of carbonyl (C=O) groups excluding carboxylic acids is 1. The smallest absolute Gasteiger partial charge is 0.220 e. The monoisotopic (exact) mass is 354 g/mol. The molecule has 1 aromatic rings. The third-order valence-electron chi connectivity index (χ3n) is 4.54. The number of hydrogen-bond acceptors (Lipinski definition) is 3. The average Bonchev–Trinajstić information content (AvgIpc) is 2.52. The Bertz CT molecular complexity index is 514. The highest BCUT2D eigenvalue weighted by Gasteiger charge is 2.19. The summed E-state index contributed by atoms with van der Waals surface area (Å²) in [7, 11) is 0. The fourth-order valence-electron chi connectivity index (χ4n) is 3.00. The van der Waals surface area contributed by atoms with Gasteiger partial charge in [-0.3, -0.25) is 4.79 Å². The summed E-state index contributed by atoms with van der Waals surface area (Å²) in [6.07, 6.45) is 6.42. The zero-order chi connectivity index (χ0) is 16.7. The molecule has 1 aromatic carbocycles. The predicted octanol–water partition coefficient (Wildman–Crippen LogP) is 3.66. The van der Waals surface area contributed by atoms with E-state index in [0.29, 0.717) is 25.1 Å². The number of amides is 1. The third-order valence-corrected chi connectivity index (χ3v) is 4.54. The van der Waals surface area contributed by atoms with Crippen molar-refractivity contribution in [3.63, 3.8) is 0 Å². The Morgan fingerprint density at radius 2 is 1.92 bits per heavy atom. The zero-order valence-electron chi connectivity index (χ0n) is 14.8. The predicted molar refractivity (Wildman–Crippen MR) is 101 cm³/mol. The van der Waals surface area contributed by atoms with Gasteiger partial charge in [0.05, 0.1) is 6.61 Å². The molecule has 0 unspecified atom stereocenters. The molecular formula is C19H31ClN2O2. The van der Waals surface area contributed by atoms with Gasteiger partial charge >= 0.3 is 0 Å². The van der Waals surface area contributed by atoms with Gasteiger partial charge in [-0.15, -0.1) is 12.4 Å². The van der Waals surface area contributed by atoms with Gasteiger partial charge in [-0.05, 0) is 69.6 Å². The van der Waals surface area contributed by atoms with Crippen molar-refractivity contribution in [1.29, 1.82) is 0 Å². The lowest BCUT2D eigenvalue weighted by molar-refractivity contribution is -0.122. The minimum atomic E-state index is 0. The molecule has 0 aromatic heterocycles. The molecule has 3 N–H and O–H groups in total. The lowest BCUT2D eigenvalue weighted by Gasteiger charge is -2.26. The van der Waals surface area contributed by atoms with Crippen molar-refractivity contribution < 1.29 is 9.53 Å². The number of rotatable bonds is 7. The van der Waals surface area contributed by atoms with E-state index in [9.17, 15) is 4.79 Å². The third kappa shape index (κ3) is 7.10. The van der Waals surface area contributed by atoms with Gasteiger partial charge < -0.3 is 15.8 Å². The normalized spacial score (nSPS) is 20.1. The fourth-order valence-corrected chi connectivity index (χ4v) is 3.00. The molecule has 1 amide bonds. The van der Waals surface area contributed by atoms with Crippen LogP contribution in [0.15, 0.2) is 18.2 Å². The molecule has 5 heteroatoms. The quantitative estimate of drug-likeness (QED) is 0.734. The van der Waals surface area contributed by atoms with Crippen LogP contribution in [0.4, 0.5) is 0 Å². The second-order valence-corrected chi connectivity index (χ2v) is 6.75. The maximum absolute atomic E-state index is 11.9. The summed E-state index contributed by atoms with van der Waals surface area (Å²) in [5, 5.41) is 3.13. The molecule has 1 fully saturated rings. The SMILES string of the molecule is Cc1ccc(C)c(OCCCCC(=O)NC2CCC(N)CC2)c1.Cl. The first-order chi connectivity index (χ1) is 11.0. The van der Waals surface area contributed by atoms with Gasteiger partial charge in [0.2, 0.25) is 5.91 Å². The van der Waals surface area contributed by atoms with E-state index in [1.807, 2.05) is 0 Å². The number of hydrogen-bond donors (Lipinski definition) is 2. The molecule has 0 saturated heterocycles. The van der Waals surface area contributed by atoms with Crippen LogP contribution in [0.5, 0.6) is 5.75 Å². The lowest BCUT2D eigenvalue weighted by atomic mass is 9.92. The van der Waals surface area contributed by atoms with Gasteiger partial charge in [-0.2, -0.15) is 0 Å².